The maximum atomic E-state index is 10.9. The lowest BCUT2D eigenvalue weighted by atomic mass is 9.96. The average Bonchev–Trinajstić information content (AvgIpc) is 3.03. The zero-order valence-electron chi connectivity index (χ0n) is 24.6. The smallest absolute Gasteiger partial charge is 0.126 e. The van der Waals surface area contributed by atoms with Crippen LogP contribution in [0.1, 0.15) is 45.0 Å². The quantitative estimate of drug-likeness (QED) is 0.191. The van der Waals surface area contributed by atoms with E-state index in [4.69, 9.17) is 14.2 Å². The Morgan fingerprint density at radius 1 is 0.619 bits per heavy atom. The highest BCUT2D eigenvalue weighted by Crippen LogP contribution is 2.34. The molecule has 5 aromatic carbocycles. The predicted octanol–water partition coefficient (Wildman–Crippen LogP) is 7.96. The Bertz CT molecular complexity index is 1520. The third-order valence-electron chi connectivity index (χ3n) is 7.15. The SMILES string of the molecule is COc1ccc(C(O)c2c(C)cccc2OCc2ccccc2)cc1.COc1ccc(Cc2c(C)cccc2O)cc1. The molecule has 0 heterocycles. The predicted molar refractivity (Wildman–Crippen MR) is 168 cm³/mol. The van der Waals surface area contributed by atoms with Gasteiger partial charge < -0.3 is 24.4 Å². The van der Waals surface area contributed by atoms with E-state index in [2.05, 4.69) is 0 Å². The van der Waals surface area contributed by atoms with E-state index in [0.717, 1.165) is 56.9 Å². The summed E-state index contributed by atoms with van der Waals surface area (Å²) in [5.74, 6) is 2.68. The molecule has 0 radical (unpaired) electrons. The largest absolute Gasteiger partial charge is 0.508 e. The third kappa shape index (κ3) is 7.93. The molecule has 0 fully saturated rings. The van der Waals surface area contributed by atoms with Gasteiger partial charge in [-0.25, -0.2) is 0 Å². The number of rotatable bonds is 9. The number of ether oxygens (including phenoxy) is 3. The van der Waals surface area contributed by atoms with Crippen molar-refractivity contribution in [2.24, 2.45) is 0 Å². The second-order valence-corrected chi connectivity index (χ2v) is 10.0. The maximum absolute atomic E-state index is 10.9. The molecule has 5 rings (SSSR count). The lowest BCUT2D eigenvalue weighted by Gasteiger charge is -2.19. The number of phenols is 1. The van der Waals surface area contributed by atoms with Gasteiger partial charge in [0.25, 0.3) is 0 Å². The molecule has 2 N–H and O–H groups in total. The van der Waals surface area contributed by atoms with Crippen molar-refractivity contribution in [1.82, 2.24) is 0 Å². The number of aryl methyl sites for hydroxylation is 2. The van der Waals surface area contributed by atoms with E-state index in [1.54, 1.807) is 20.3 Å². The zero-order chi connectivity index (χ0) is 29.9. The van der Waals surface area contributed by atoms with Crippen LogP contribution in [0.4, 0.5) is 0 Å². The van der Waals surface area contributed by atoms with Crippen molar-refractivity contribution >= 4 is 0 Å². The maximum Gasteiger partial charge on any atom is 0.126 e. The van der Waals surface area contributed by atoms with Crippen LogP contribution in [0.2, 0.25) is 0 Å². The molecular weight excluding hydrogens is 524 g/mol. The van der Waals surface area contributed by atoms with Gasteiger partial charge in [-0.1, -0.05) is 78.9 Å². The lowest BCUT2D eigenvalue weighted by molar-refractivity contribution is 0.208. The molecule has 5 heteroatoms. The van der Waals surface area contributed by atoms with Gasteiger partial charge in [0.05, 0.1) is 14.2 Å². The Morgan fingerprint density at radius 3 is 1.83 bits per heavy atom. The van der Waals surface area contributed by atoms with Crippen molar-refractivity contribution in [2.75, 3.05) is 14.2 Å². The summed E-state index contributed by atoms with van der Waals surface area (Å²) in [7, 11) is 3.28. The van der Waals surface area contributed by atoms with Crippen molar-refractivity contribution in [3.8, 4) is 23.0 Å². The van der Waals surface area contributed by atoms with Crippen molar-refractivity contribution in [1.29, 1.82) is 0 Å². The number of aromatic hydroxyl groups is 1. The number of hydrogen-bond donors (Lipinski definition) is 2. The first-order valence-corrected chi connectivity index (χ1v) is 13.9. The molecule has 1 atom stereocenters. The average molecular weight is 563 g/mol. The molecule has 5 nitrogen and oxygen atoms in total. The van der Waals surface area contributed by atoms with Crippen molar-refractivity contribution in [3.05, 3.63) is 154 Å². The van der Waals surface area contributed by atoms with E-state index >= 15 is 0 Å². The zero-order valence-corrected chi connectivity index (χ0v) is 24.6. The van der Waals surface area contributed by atoms with Gasteiger partial charge in [0.2, 0.25) is 0 Å². The fraction of sp³-hybridized carbons (Fsp3) is 0.189. The van der Waals surface area contributed by atoms with Crippen LogP contribution < -0.4 is 14.2 Å². The molecule has 1 unspecified atom stereocenters. The molecule has 0 aliphatic heterocycles. The van der Waals surface area contributed by atoms with Gasteiger partial charge in [-0.3, -0.25) is 0 Å². The molecule has 42 heavy (non-hydrogen) atoms. The number of benzene rings is 5. The molecule has 0 bridgehead atoms. The van der Waals surface area contributed by atoms with Gasteiger partial charge >= 0.3 is 0 Å². The monoisotopic (exact) mass is 562 g/mol. The van der Waals surface area contributed by atoms with E-state index in [0.29, 0.717) is 18.1 Å². The fourth-order valence-corrected chi connectivity index (χ4v) is 4.68. The Balaban J connectivity index is 0.000000208. The van der Waals surface area contributed by atoms with Crippen LogP contribution in [0.15, 0.2) is 115 Å². The molecule has 0 saturated carbocycles. The first kappa shape index (κ1) is 30.2. The van der Waals surface area contributed by atoms with E-state index < -0.39 is 6.10 Å². The molecule has 0 saturated heterocycles. The van der Waals surface area contributed by atoms with Gasteiger partial charge in [0.15, 0.2) is 0 Å². The second-order valence-electron chi connectivity index (χ2n) is 10.0. The number of hydrogen-bond acceptors (Lipinski definition) is 5. The summed E-state index contributed by atoms with van der Waals surface area (Å²) in [6, 6.07) is 36.8. The fourth-order valence-electron chi connectivity index (χ4n) is 4.68. The molecule has 5 aromatic rings. The number of aliphatic hydroxyl groups is 1. The van der Waals surface area contributed by atoms with Crippen LogP contribution in [0, 0.1) is 13.8 Å². The van der Waals surface area contributed by atoms with Gasteiger partial charge in [0, 0.05) is 17.5 Å². The van der Waals surface area contributed by atoms with Crippen LogP contribution in [0.5, 0.6) is 23.0 Å². The minimum atomic E-state index is -0.752. The van der Waals surface area contributed by atoms with Crippen LogP contribution in [0.25, 0.3) is 0 Å². The van der Waals surface area contributed by atoms with E-state index in [-0.39, 0.29) is 0 Å². The third-order valence-corrected chi connectivity index (χ3v) is 7.15. The summed E-state index contributed by atoms with van der Waals surface area (Å²) in [6.07, 6.45) is -0.0134. The summed E-state index contributed by atoms with van der Waals surface area (Å²) in [6.45, 7) is 4.46. The highest BCUT2D eigenvalue weighted by atomic mass is 16.5. The molecule has 0 aliphatic carbocycles. The minimum absolute atomic E-state index is 0.362. The Labute approximate surface area is 248 Å². The van der Waals surface area contributed by atoms with E-state index in [1.165, 1.54) is 0 Å². The number of aliphatic hydroxyl groups excluding tert-OH is 1. The number of methoxy groups -OCH3 is 2. The Hall–Kier alpha value is -4.74. The van der Waals surface area contributed by atoms with Crippen LogP contribution in [-0.2, 0) is 13.0 Å². The van der Waals surface area contributed by atoms with Crippen molar-refractivity contribution < 1.29 is 24.4 Å². The standard InChI is InChI=1S/C22H22O3.C15H16O2/c1-16-7-6-10-20(25-15-17-8-4-3-5-9-17)21(16)22(23)18-11-13-19(24-2)14-12-18;1-11-4-3-5-15(16)14(11)10-12-6-8-13(17-2)9-7-12/h3-14,22-23H,15H2,1-2H3;3-9,16H,10H2,1-2H3. The molecule has 0 aliphatic rings. The topological polar surface area (TPSA) is 68.2 Å². The van der Waals surface area contributed by atoms with Crippen LogP contribution >= 0.6 is 0 Å². The van der Waals surface area contributed by atoms with Gasteiger partial charge in [-0.15, -0.1) is 0 Å². The minimum Gasteiger partial charge on any atom is -0.508 e. The van der Waals surface area contributed by atoms with Crippen LogP contribution in [0.3, 0.4) is 0 Å². The highest BCUT2D eigenvalue weighted by molar-refractivity contribution is 5.46. The molecule has 216 valence electrons. The normalized spacial score (nSPS) is 11.2. The van der Waals surface area contributed by atoms with Crippen LogP contribution in [-0.4, -0.2) is 24.4 Å². The van der Waals surface area contributed by atoms with Crippen molar-refractivity contribution in [3.63, 3.8) is 0 Å². The Morgan fingerprint density at radius 2 is 1.21 bits per heavy atom. The van der Waals surface area contributed by atoms with Gasteiger partial charge in [-0.2, -0.15) is 0 Å². The first-order chi connectivity index (χ1) is 20.4. The highest BCUT2D eigenvalue weighted by Gasteiger charge is 2.18. The van der Waals surface area contributed by atoms with Gasteiger partial charge in [0.1, 0.15) is 35.7 Å². The summed E-state index contributed by atoms with van der Waals surface area (Å²) in [4.78, 5) is 0. The number of phenolic OH excluding ortho intramolecular Hbond substituents is 1. The molecule has 0 spiro atoms. The molecule has 0 aromatic heterocycles. The summed E-state index contributed by atoms with van der Waals surface area (Å²) in [5, 5.41) is 20.7. The lowest BCUT2D eigenvalue weighted by Crippen LogP contribution is -2.06. The van der Waals surface area contributed by atoms with E-state index in [9.17, 15) is 10.2 Å². The Kier molecular flexibility index (Phi) is 10.6. The summed E-state index contributed by atoms with van der Waals surface area (Å²) < 4.78 is 16.3. The first-order valence-electron chi connectivity index (χ1n) is 13.9. The molecule has 0 amide bonds. The van der Waals surface area contributed by atoms with Gasteiger partial charge in [-0.05, 0) is 78.1 Å². The summed E-state index contributed by atoms with van der Waals surface area (Å²) in [5.41, 5.74) is 6.94. The van der Waals surface area contributed by atoms with Crippen molar-refractivity contribution in [2.45, 2.75) is 33.0 Å². The second kappa shape index (κ2) is 14.8. The molecular formula is C37H38O5. The van der Waals surface area contributed by atoms with E-state index in [1.807, 2.05) is 123 Å². The summed E-state index contributed by atoms with van der Waals surface area (Å²) >= 11 is 0.